The number of piperidine rings is 1. The zero-order valence-corrected chi connectivity index (χ0v) is 19.4. The van der Waals surface area contributed by atoms with Crippen molar-refractivity contribution < 1.29 is 4.79 Å². The van der Waals surface area contributed by atoms with Crippen LogP contribution in [0, 0.1) is 4.77 Å². The molecule has 4 aromatic rings. The van der Waals surface area contributed by atoms with Crippen LogP contribution in [0.25, 0.3) is 21.5 Å². The molecule has 164 valence electrons. The van der Waals surface area contributed by atoms with Crippen molar-refractivity contribution in [2.45, 2.75) is 32.2 Å². The molecular weight excluding hydrogens is 440 g/mol. The van der Waals surface area contributed by atoms with E-state index < -0.39 is 6.04 Å². The van der Waals surface area contributed by atoms with E-state index in [1.54, 1.807) is 15.9 Å². The van der Waals surface area contributed by atoms with E-state index in [0.29, 0.717) is 10.6 Å². The molecule has 2 N–H and O–H groups in total. The summed E-state index contributed by atoms with van der Waals surface area (Å²) in [6, 6.07) is 9.50. The standard InChI is InChI=1S/C23H24N6OS2/c1-15(29-21(26-27-23(29)31)20-6-5-13-32-20)22(30)25-18-7-8-19(28-11-3-2-4-12-28)16-9-10-24-14-17(16)18/h5-10,13-15H,2-4,11-12H2,1H3,(H,25,30)(H,27,31). The number of H-pyrrole nitrogens is 1. The number of hydrogen-bond donors (Lipinski definition) is 2. The third kappa shape index (κ3) is 3.82. The third-order valence-corrected chi connectivity index (χ3v) is 7.12. The molecule has 1 fully saturated rings. The Balaban J connectivity index is 1.46. The molecule has 3 aromatic heterocycles. The van der Waals surface area contributed by atoms with Crippen LogP contribution in [0.15, 0.2) is 48.1 Å². The molecule has 0 spiro atoms. The fourth-order valence-corrected chi connectivity index (χ4v) is 5.29. The van der Waals surface area contributed by atoms with Gasteiger partial charge in [0.1, 0.15) is 6.04 Å². The minimum absolute atomic E-state index is 0.156. The summed E-state index contributed by atoms with van der Waals surface area (Å²) < 4.78 is 2.18. The van der Waals surface area contributed by atoms with Crippen LogP contribution < -0.4 is 10.2 Å². The highest BCUT2D eigenvalue weighted by Gasteiger charge is 2.23. The molecule has 1 amide bonds. The fraction of sp³-hybridized carbons (Fsp3) is 0.304. The molecule has 1 atom stereocenters. The van der Waals surface area contributed by atoms with Crippen LogP contribution in [-0.4, -0.2) is 38.7 Å². The first-order valence-corrected chi connectivity index (χ1v) is 12.1. The van der Waals surface area contributed by atoms with Crippen LogP contribution in [0.1, 0.15) is 32.2 Å². The topological polar surface area (TPSA) is 78.8 Å². The van der Waals surface area contributed by atoms with Crippen LogP contribution in [0.3, 0.4) is 0 Å². The second-order valence-electron chi connectivity index (χ2n) is 7.97. The molecule has 1 unspecified atom stereocenters. The lowest BCUT2D eigenvalue weighted by atomic mass is 10.0. The number of aromatic amines is 1. The highest BCUT2D eigenvalue weighted by molar-refractivity contribution is 7.71. The molecular formula is C23H24N6OS2. The highest BCUT2D eigenvalue weighted by atomic mass is 32.1. The number of carbonyl (C=O) groups excluding carboxylic acids is 1. The minimum Gasteiger partial charge on any atom is -0.371 e. The summed E-state index contributed by atoms with van der Waals surface area (Å²) in [5.41, 5.74) is 1.95. The number of nitrogens with zero attached hydrogens (tertiary/aromatic N) is 4. The maximum absolute atomic E-state index is 13.3. The number of anilines is 2. The van der Waals surface area contributed by atoms with Crippen molar-refractivity contribution in [2.24, 2.45) is 0 Å². The van der Waals surface area contributed by atoms with Gasteiger partial charge in [-0.05, 0) is 68.0 Å². The van der Waals surface area contributed by atoms with Gasteiger partial charge in [0.2, 0.25) is 5.91 Å². The van der Waals surface area contributed by atoms with Crippen molar-refractivity contribution in [2.75, 3.05) is 23.3 Å². The number of rotatable bonds is 5. The van der Waals surface area contributed by atoms with E-state index in [2.05, 4.69) is 31.5 Å². The van der Waals surface area contributed by atoms with Gasteiger partial charge in [0, 0.05) is 41.9 Å². The van der Waals surface area contributed by atoms with Crippen molar-refractivity contribution in [3.63, 3.8) is 0 Å². The molecule has 1 saturated heterocycles. The summed E-state index contributed by atoms with van der Waals surface area (Å²) in [7, 11) is 0. The quantitative estimate of drug-likeness (QED) is 0.386. The molecule has 9 heteroatoms. The van der Waals surface area contributed by atoms with Crippen molar-refractivity contribution in [1.29, 1.82) is 0 Å². The summed E-state index contributed by atoms with van der Waals surface area (Å²) in [5, 5.41) is 14.3. The summed E-state index contributed by atoms with van der Waals surface area (Å²) in [6.07, 6.45) is 7.33. The maximum atomic E-state index is 13.3. The first-order chi connectivity index (χ1) is 15.6. The summed E-state index contributed by atoms with van der Waals surface area (Å²) in [6.45, 7) is 3.95. The average molecular weight is 465 g/mol. The number of fused-ring (bicyclic) bond motifs is 1. The Bertz CT molecular complexity index is 1300. The largest absolute Gasteiger partial charge is 0.371 e. The lowest BCUT2D eigenvalue weighted by molar-refractivity contribution is -0.118. The Morgan fingerprint density at radius 2 is 2.03 bits per heavy atom. The normalized spacial score (nSPS) is 15.1. The molecule has 1 aliphatic rings. The van der Waals surface area contributed by atoms with Crippen LogP contribution in [0.4, 0.5) is 11.4 Å². The van der Waals surface area contributed by atoms with Crippen molar-refractivity contribution in [3.05, 3.63) is 52.9 Å². The molecule has 1 aromatic carbocycles. The van der Waals surface area contributed by atoms with Gasteiger partial charge in [0.25, 0.3) is 0 Å². The summed E-state index contributed by atoms with van der Waals surface area (Å²) in [4.78, 5) is 21.0. The molecule has 4 heterocycles. The number of nitrogens with one attached hydrogen (secondary N) is 2. The van der Waals surface area contributed by atoms with Crippen LogP contribution >= 0.6 is 23.6 Å². The second-order valence-corrected chi connectivity index (χ2v) is 9.30. The van der Waals surface area contributed by atoms with Crippen LogP contribution in [-0.2, 0) is 4.79 Å². The average Bonchev–Trinajstić information content (AvgIpc) is 3.49. The predicted molar refractivity (Wildman–Crippen MR) is 132 cm³/mol. The molecule has 0 radical (unpaired) electrons. The molecule has 0 bridgehead atoms. The highest BCUT2D eigenvalue weighted by Crippen LogP contribution is 2.34. The number of benzene rings is 1. The Morgan fingerprint density at radius 3 is 2.81 bits per heavy atom. The number of thiophene rings is 1. The van der Waals surface area contributed by atoms with Gasteiger partial charge in [-0.15, -0.1) is 11.3 Å². The lowest BCUT2D eigenvalue weighted by Crippen LogP contribution is -2.29. The zero-order chi connectivity index (χ0) is 22.1. The Kier molecular flexibility index (Phi) is 5.75. The molecule has 0 saturated carbocycles. The van der Waals surface area contributed by atoms with Crippen molar-refractivity contribution in [3.8, 4) is 10.7 Å². The van der Waals surface area contributed by atoms with Crippen molar-refractivity contribution in [1.82, 2.24) is 19.7 Å². The van der Waals surface area contributed by atoms with Gasteiger partial charge in [-0.2, -0.15) is 5.10 Å². The Morgan fingerprint density at radius 1 is 1.19 bits per heavy atom. The van der Waals surface area contributed by atoms with E-state index in [-0.39, 0.29) is 5.91 Å². The lowest BCUT2D eigenvalue weighted by Gasteiger charge is -2.30. The molecule has 5 rings (SSSR count). The molecule has 32 heavy (non-hydrogen) atoms. The van der Waals surface area contributed by atoms with Gasteiger partial charge in [0.15, 0.2) is 10.6 Å². The van der Waals surface area contributed by atoms with Crippen LogP contribution in [0.5, 0.6) is 0 Å². The first kappa shape index (κ1) is 20.8. The van der Waals surface area contributed by atoms with E-state index in [1.165, 1.54) is 24.9 Å². The van der Waals surface area contributed by atoms with E-state index in [0.717, 1.165) is 34.4 Å². The SMILES string of the molecule is CC(C(=O)Nc1ccc(N2CCCCC2)c2ccncc12)n1c(-c2cccs2)n[nH]c1=S. The first-order valence-electron chi connectivity index (χ1n) is 10.8. The van der Waals surface area contributed by atoms with E-state index in [4.69, 9.17) is 12.2 Å². The summed E-state index contributed by atoms with van der Waals surface area (Å²) >= 11 is 6.99. The van der Waals surface area contributed by atoms with Gasteiger partial charge in [0.05, 0.1) is 10.6 Å². The van der Waals surface area contributed by atoms with E-state index in [1.807, 2.05) is 49.0 Å². The number of hydrogen-bond acceptors (Lipinski definition) is 6. The minimum atomic E-state index is -0.535. The summed E-state index contributed by atoms with van der Waals surface area (Å²) in [5.74, 6) is 0.510. The Labute approximate surface area is 195 Å². The molecule has 7 nitrogen and oxygen atoms in total. The van der Waals surface area contributed by atoms with E-state index in [9.17, 15) is 4.79 Å². The van der Waals surface area contributed by atoms with Gasteiger partial charge in [-0.25, -0.2) is 0 Å². The number of pyridine rings is 1. The van der Waals surface area contributed by atoms with Crippen molar-refractivity contribution >= 4 is 51.6 Å². The van der Waals surface area contributed by atoms with Gasteiger partial charge >= 0.3 is 0 Å². The fourth-order valence-electron chi connectivity index (χ4n) is 4.29. The zero-order valence-electron chi connectivity index (χ0n) is 17.7. The predicted octanol–water partition coefficient (Wildman–Crippen LogP) is 5.41. The van der Waals surface area contributed by atoms with Gasteiger partial charge < -0.3 is 10.2 Å². The van der Waals surface area contributed by atoms with E-state index >= 15 is 0 Å². The monoisotopic (exact) mass is 464 g/mol. The molecule has 0 aliphatic carbocycles. The maximum Gasteiger partial charge on any atom is 0.247 e. The molecule has 1 aliphatic heterocycles. The second kappa shape index (κ2) is 8.84. The van der Waals surface area contributed by atoms with Gasteiger partial charge in [-0.1, -0.05) is 6.07 Å². The number of aromatic nitrogens is 4. The van der Waals surface area contributed by atoms with Crippen LogP contribution in [0.2, 0.25) is 0 Å². The number of carbonyl (C=O) groups is 1. The van der Waals surface area contributed by atoms with Gasteiger partial charge in [-0.3, -0.25) is 19.4 Å². The Hall–Kier alpha value is -3.04. The number of amides is 1. The third-order valence-electron chi connectivity index (χ3n) is 5.96. The smallest absolute Gasteiger partial charge is 0.247 e.